The Hall–Kier alpha value is -1.95. The number of nitrogens with zero attached hydrogens (tertiary/aromatic N) is 2. The summed E-state index contributed by atoms with van der Waals surface area (Å²) in [7, 11) is 0. The maximum absolute atomic E-state index is 13.2. The molecule has 2 fully saturated rings. The van der Waals surface area contributed by atoms with Crippen molar-refractivity contribution in [2.45, 2.75) is 20.4 Å². The van der Waals surface area contributed by atoms with Gasteiger partial charge >= 0.3 is 5.97 Å². The summed E-state index contributed by atoms with van der Waals surface area (Å²) in [6, 6.07) is 6.55. The molecule has 1 heterocycles. The number of halogens is 1. The van der Waals surface area contributed by atoms with E-state index in [0.717, 1.165) is 5.56 Å². The molecule has 6 heteroatoms. The molecule has 0 spiro atoms. The number of carbonyl (C=O) groups excluding carboxylic acids is 1. The lowest BCUT2D eigenvalue weighted by Gasteiger charge is -2.35. The summed E-state index contributed by atoms with van der Waals surface area (Å²) in [6.07, 6.45) is 0. The fourth-order valence-corrected chi connectivity index (χ4v) is 3.78. The van der Waals surface area contributed by atoms with E-state index < -0.39 is 23.2 Å². The largest absolute Gasteiger partial charge is 0.481 e. The van der Waals surface area contributed by atoms with Crippen molar-refractivity contribution in [1.29, 1.82) is 0 Å². The number of benzene rings is 1. The average Bonchev–Trinajstić information content (AvgIpc) is 3.10. The van der Waals surface area contributed by atoms with Crippen molar-refractivity contribution in [3.05, 3.63) is 35.6 Å². The molecule has 130 valence electrons. The third-order valence-electron chi connectivity index (χ3n) is 5.34. The first kappa shape index (κ1) is 16.9. The van der Waals surface area contributed by atoms with Crippen molar-refractivity contribution >= 4 is 11.9 Å². The monoisotopic (exact) mass is 334 g/mol. The van der Waals surface area contributed by atoms with Gasteiger partial charge in [0.1, 0.15) is 5.82 Å². The van der Waals surface area contributed by atoms with Crippen molar-refractivity contribution in [2.24, 2.45) is 17.3 Å². The number of carboxylic acid groups (broad SMARTS) is 1. The minimum atomic E-state index is -0.886. The highest BCUT2D eigenvalue weighted by Gasteiger charge is 2.66. The van der Waals surface area contributed by atoms with Crippen LogP contribution in [0, 0.1) is 23.1 Å². The van der Waals surface area contributed by atoms with Gasteiger partial charge in [0.2, 0.25) is 5.91 Å². The standard InChI is InChI=1S/C18H23FN2O3/c1-18(2)14(15(18)17(23)24)16(22)21-8-6-20(7-9-21)11-12-4-3-5-13(19)10-12/h3-5,10,14-15H,6-9,11H2,1-2H3,(H,23,24)/t14-,15+/m1/s1. The van der Waals surface area contributed by atoms with Crippen LogP contribution in [0.5, 0.6) is 0 Å². The summed E-state index contributed by atoms with van der Waals surface area (Å²) in [5.41, 5.74) is 0.464. The molecule has 1 aromatic rings. The highest BCUT2D eigenvalue weighted by atomic mass is 19.1. The Balaban J connectivity index is 1.54. The lowest BCUT2D eigenvalue weighted by molar-refractivity contribution is -0.142. The Morgan fingerprint density at radius 1 is 1.21 bits per heavy atom. The van der Waals surface area contributed by atoms with E-state index in [1.54, 1.807) is 11.0 Å². The zero-order chi connectivity index (χ0) is 17.5. The normalized spacial score (nSPS) is 26.2. The predicted octanol–water partition coefficient (Wildman–Crippen LogP) is 1.83. The number of hydrogen-bond donors (Lipinski definition) is 1. The van der Waals surface area contributed by atoms with Gasteiger partial charge in [0.05, 0.1) is 11.8 Å². The highest BCUT2D eigenvalue weighted by Crippen LogP contribution is 2.59. The molecule has 1 amide bonds. The minimum Gasteiger partial charge on any atom is -0.481 e. The van der Waals surface area contributed by atoms with Crippen LogP contribution in [0.4, 0.5) is 4.39 Å². The summed E-state index contributed by atoms with van der Waals surface area (Å²) >= 11 is 0. The van der Waals surface area contributed by atoms with Crippen molar-refractivity contribution in [2.75, 3.05) is 26.2 Å². The van der Waals surface area contributed by atoms with Crippen LogP contribution in [-0.2, 0) is 16.1 Å². The smallest absolute Gasteiger partial charge is 0.307 e. The molecule has 1 aromatic carbocycles. The highest BCUT2D eigenvalue weighted by molar-refractivity contribution is 5.91. The Bertz CT molecular complexity index is 653. The van der Waals surface area contributed by atoms with Crippen LogP contribution in [0.15, 0.2) is 24.3 Å². The molecule has 24 heavy (non-hydrogen) atoms. The molecule has 0 bridgehead atoms. The van der Waals surface area contributed by atoms with E-state index in [4.69, 9.17) is 0 Å². The van der Waals surface area contributed by atoms with Crippen LogP contribution >= 0.6 is 0 Å². The van der Waals surface area contributed by atoms with E-state index in [2.05, 4.69) is 4.90 Å². The molecular weight excluding hydrogens is 311 g/mol. The van der Waals surface area contributed by atoms with Gasteiger partial charge in [-0.15, -0.1) is 0 Å². The maximum atomic E-state index is 13.2. The lowest BCUT2D eigenvalue weighted by atomic mass is 10.1. The van der Waals surface area contributed by atoms with Gasteiger partial charge in [0.15, 0.2) is 0 Å². The molecule has 0 aromatic heterocycles. The second-order valence-corrected chi connectivity index (χ2v) is 7.35. The third-order valence-corrected chi connectivity index (χ3v) is 5.34. The molecule has 5 nitrogen and oxygen atoms in total. The number of hydrogen-bond acceptors (Lipinski definition) is 3. The molecular formula is C18H23FN2O3. The zero-order valence-corrected chi connectivity index (χ0v) is 14.0. The van der Waals surface area contributed by atoms with Gasteiger partial charge in [-0.3, -0.25) is 14.5 Å². The Kier molecular flexibility index (Phi) is 4.34. The van der Waals surface area contributed by atoms with E-state index in [-0.39, 0.29) is 11.7 Å². The fourth-order valence-electron chi connectivity index (χ4n) is 3.78. The van der Waals surface area contributed by atoms with Crippen LogP contribution in [0.3, 0.4) is 0 Å². The molecule has 2 aliphatic rings. The number of aliphatic carboxylic acids is 1. The summed E-state index contributed by atoms with van der Waals surface area (Å²) in [5, 5.41) is 9.23. The summed E-state index contributed by atoms with van der Waals surface area (Å²) < 4.78 is 13.2. The number of piperazine rings is 1. The number of amides is 1. The predicted molar refractivity (Wildman–Crippen MR) is 86.7 cm³/mol. The van der Waals surface area contributed by atoms with Crippen LogP contribution in [0.1, 0.15) is 19.4 Å². The molecule has 2 atom stereocenters. The van der Waals surface area contributed by atoms with Crippen LogP contribution in [-0.4, -0.2) is 53.0 Å². The first-order valence-corrected chi connectivity index (χ1v) is 8.29. The molecule has 3 rings (SSSR count). The zero-order valence-electron chi connectivity index (χ0n) is 14.0. The summed E-state index contributed by atoms with van der Waals surface area (Å²) in [6.45, 7) is 6.95. The van der Waals surface area contributed by atoms with Gasteiger partial charge < -0.3 is 10.0 Å². The quantitative estimate of drug-likeness (QED) is 0.912. The Labute approximate surface area is 141 Å². The number of rotatable bonds is 4. The van der Waals surface area contributed by atoms with Gasteiger partial charge in [-0.25, -0.2) is 4.39 Å². The maximum Gasteiger partial charge on any atom is 0.307 e. The Morgan fingerprint density at radius 2 is 1.88 bits per heavy atom. The lowest BCUT2D eigenvalue weighted by Crippen LogP contribution is -2.49. The SMILES string of the molecule is CC1(C)[C@H](C(=O)O)[C@@H]1C(=O)N1CCN(Cc2cccc(F)c2)CC1. The van der Waals surface area contributed by atoms with Crippen molar-refractivity contribution in [1.82, 2.24) is 9.80 Å². The fraction of sp³-hybridized carbons (Fsp3) is 0.556. The van der Waals surface area contributed by atoms with Crippen molar-refractivity contribution in [3.63, 3.8) is 0 Å². The van der Waals surface area contributed by atoms with E-state index in [0.29, 0.717) is 32.7 Å². The Morgan fingerprint density at radius 3 is 2.42 bits per heavy atom. The topological polar surface area (TPSA) is 60.9 Å². The summed E-state index contributed by atoms with van der Waals surface area (Å²) in [5.74, 6) is -2.15. The second-order valence-electron chi connectivity index (χ2n) is 7.35. The third kappa shape index (κ3) is 3.15. The van der Waals surface area contributed by atoms with Gasteiger partial charge in [-0.2, -0.15) is 0 Å². The number of carboxylic acids is 1. The first-order valence-electron chi connectivity index (χ1n) is 8.29. The average molecular weight is 334 g/mol. The first-order chi connectivity index (χ1) is 11.3. The van der Waals surface area contributed by atoms with Crippen LogP contribution in [0.2, 0.25) is 0 Å². The van der Waals surface area contributed by atoms with Crippen molar-refractivity contribution < 1.29 is 19.1 Å². The number of carbonyl (C=O) groups is 2. The molecule has 1 saturated heterocycles. The van der Waals surface area contributed by atoms with E-state index >= 15 is 0 Å². The van der Waals surface area contributed by atoms with E-state index in [1.807, 2.05) is 19.9 Å². The minimum absolute atomic E-state index is 0.0437. The molecule has 0 radical (unpaired) electrons. The molecule has 0 unspecified atom stereocenters. The van der Waals surface area contributed by atoms with E-state index in [9.17, 15) is 19.1 Å². The van der Waals surface area contributed by atoms with Gasteiger partial charge in [-0.05, 0) is 23.1 Å². The van der Waals surface area contributed by atoms with Crippen LogP contribution in [0.25, 0.3) is 0 Å². The molecule has 1 aliphatic carbocycles. The second kappa shape index (κ2) is 6.16. The molecule has 1 N–H and O–H groups in total. The molecule has 1 saturated carbocycles. The van der Waals surface area contributed by atoms with Gasteiger partial charge in [0, 0.05) is 32.7 Å². The van der Waals surface area contributed by atoms with E-state index in [1.165, 1.54) is 12.1 Å². The van der Waals surface area contributed by atoms with Gasteiger partial charge in [0.25, 0.3) is 0 Å². The van der Waals surface area contributed by atoms with Gasteiger partial charge in [-0.1, -0.05) is 26.0 Å². The summed E-state index contributed by atoms with van der Waals surface area (Å²) in [4.78, 5) is 27.8. The molecule has 1 aliphatic heterocycles. The van der Waals surface area contributed by atoms with Crippen LogP contribution < -0.4 is 0 Å². The van der Waals surface area contributed by atoms with Crippen molar-refractivity contribution in [3.8, 4) is 0 Å².